The van der Waals surface area contributed by atoms with Crippen LogP contribution in [-0.4, -0.2) is 22.3 Å². The summed E-state index contributed by atoms with van der Waals surface area (Å²) in [4.78, 5) is 12.3. The van der Waals surface area contributed by atoms with Crippen molar-refractivity contribution in [1.29, 1.82) is 0 Å². The highest BCUT2D eigenvalue weighted by atomic mass is 16.5. The first-order valence-electron chi connectivity index (χ1n) is 10.3. The highest BCUT2D eigenvalue weighted by Crippen LogP contribution is 2.30. The third-order valence-corrected chi connectivity index (χ3v) is 5.00. The molecule has 1 amide bonds. The maximum atomic E-state index is 12.3. The second-order valence-electron chi connectivity index (χ2n) is 7.26. The summed E-state index contributed by atoms with van der Waals surface area (Å²) < 4.78 is 6.04. The van der Waals surface area contributed by atoms with Crippen LogP contribution in [0, 0.1) is 0 Å². The predicted molar refractivity (Wildman–Crippen MR) is 127 cm³/mol. The number of carbonyl (C=O) groups is 1. The zero-order valence-electron chi connectivity index (χ0n) is 17.7. The first kappa shape index (κ1) is 21.6. The van der Waals surface area contributed by atoms with E-state index in [0.29, 0.717) is 17.7 Å². The molecule has 0 aliphatic heterocycles. The van der Waals surface area contributed by atoms with E-state index < -0.39 is 5.91 Å². The van der Waals surface area contributed by atoms with Crippen molar-refractivity contribution in [3.8, 4) is 28.4 Å². The van der Waals surface area contributed by atoms with Crippen molar-refractivity contribution in [2.24, 2.45) is 5.10 Å². The van der Waals surface area contributed by atoms with Crippen LogP contribution in [0.3, 0.4) is 0 Å². The van der Waals surface area contributed by atoms with Gasteiger partial charge in [0, 0.05) is 16.7 Å². The molecule has 0 unspecified atom stereocenters. The highest BCUT2D eigenvalue weighted by Gasteiger charge is 2.08. The fourth-order valence-electron chi connectivity index (χ4n) is 3.24. The van der Waals surface area contributed by atoms with E-state index in [1.807, 2.05) is 66.7 Å². The van der Waals surface area contributed by atoms with E-state index in [4.69, 9.17) is 4.74 Å². The second-order valence-corrected chi connectivity index (χ2v) is 7.26. The molecule has 0 spiro atoms. The molecule has 0 atom stereocenters. The molecule has 0 saturated carbocycles. The van der Waals surface area contributed by atoms with E-state index in [0.717, 1.165) is 22.4 Å². The summed E-state index contributed by atoms with van der Waals surface area (Å²) in [6.45, 7) is 0.362. The largest absolute Gasteiger partial charge is 0.504 e. The van der Waals surface area contributed by atoms with Crippen molar-refractivity contribution in [1.82, 2.24) is 5.43 Å². The average molecular weight is 438 g/mol. The summed E-state index contributed by atoms with van der Waals surface area (Å²) >= 11 is 0. The fraction of sp³-hybridized carbons (Fsp3) is 0.0370. The molecular weight excluding hydrogens is 416 g/mol. The number of hydrazone groups is 1. The number of phenols is 2. The molecule has 0 radical (unpaired) electrons. The summed E-state index contributed by atoms with van der Waals surface area (Å²) in [6.07, 6.45) is 1.26. The van der Waals surface area contributed by atoms with Gasteiger partial charge in [-0.25, -0.2) is 5.43 Å². The first-order valence-corrected chi connectivity index (χ1v) is 10.3. The number of nitrogens with zero attached hydrogens (tertiary/aromatic N) is 1. The van der Waals surface area contributed by atoms with E-state index in [-0.39, 0.29) is 11.5 Å². The number of hydrogen-bond donors (Lipinski definition) is 3. The third kappa shape index (κ3) is 5.37. The van der Waals surface area contributed by atoms with Crippen molar-refractivity contribution in [3.05, 3.63) is 114 Å². The van der Waals surface area contributed by atoms with E-state index in [1.54, 1.807) is 24.3 Å². The summed E-state index contributed by atoms with van der Waals surface area (Å²) in [5.74, 6) is -0.161. The van der Waals surface area contributed by atoms with Crippen LogP contribution in [0.5, 0.6) is 17.2 Å². The van der Waals surface area contributed by atoms with Gasteiger partial charge in [-0.15, -0.1) is 0 Å². The van der Waals surface area contributed by atoms with Crippen LogP contribution < -0.4 is 10.2 Å². The fourth-order valence-corrected chi connectivity index (χ4v) is 3.24. The van der Waals surface area contributed by atoms with Gasteiger partial charge < -0.3 is 14.9 Å². The Bertz CT molecular complexity index is 1270. The van der Waals surface area contributed by atoms with Gasteiger partial charge in [-0.1, -0.05) is 66.7 Å². The van der Waals surface area contributed by atoms with Crippen molar-refractivity contribution >= 4 is 12.1 Å². The maximum absolute atomic E-state index is 12.3. The van der Waals surface area contributed by atoms with E-state index in [2.05, 4.69) is 10.5 Å². The highest BCUT2D eigenvalue weighted by molar-refractivity contribution is 5.95. The van der Waals surface area contributed by atoms with Crippen molar-refractivity contribution in [3.63, 3.8) is 0 Å². The number of amides is 1. The minimum atomic E-state index is -0.396. The Balaban J connectivity index is 1.37. The Morgan fingerprint density at radius 2 is 1.58 bits per heavy atom. The Hall–Kier alpha value is -4.58. The summed E-state index contributed by atoms with van der Waals surface area (Å²) in [5.41, 5.74) is 6.15. The van der Waals surface area contributed by atoms with Gasteiger partial charge in [-0.05, 0) is 41.5 Å². The smallest absolute Gasteiger partial charge is 0.271 e. The maximum Gasteiger partial charge on any atom is 0.271 e. The molecule has 4 aromatic rings. The number of aromatic hydroxyl groups is 2. The molecule has 0 aromatic heterocycles. The average Bonchev–Trinajstić information content (AvgIpc) is 2.86. The lowest BCUT2D eigenvalue weighted by molar-refractivity contribution is 0.0955. The minimum Gasteiger partial charge on any atom is -0.504 e. The molecule has 4 rings (SSSR count). The van der Waals surface area contributed by atoms with Crippen molar-refractivity contribution < 1.29 is 19.7 Å². The van der Waals surface area contributed by atoms with Gasteiger partial charge >= 0.3 is 0 Å². The van der Waals surface area contributed by atoms with Crippen LogP contribution in [0.4, 0.5) is 0 Å². The Labute approximate surface area is 191 Å². The third-order valence-electron chi connectivity index (χ3n) is 5.00. The van der Waals surface area contributed by atoms with Crippen LogP contribution in [-0.2, 0) is 6.61 Å². The first-order chi connectivity index (χ1) is 16.1. The van der Waals surface area contributed by atoms with Crippen LogP contribution >= 0.6 is 0 Å². The van der Waals surface area contributed by atoms with E-state index in [1.165, 1.54) is 12.3 Å². The lowest BCUT2D eigenvalue weighted by Crippen LogP contribution is -2.17. The normalized spacial score (nSPS) is 10.8. The van der Waals surface area contributed by atoms with Crippen molar-refractivity contribution in [2.45, 2.75) is 6.61 Å². The van der Waals surface area contributed by atoms with Crippen LogP contribution in [0.2, 0.25) is 0 Å². The van der Waals surface area contributed by atoms with Gasteiger partial charge in [-0.3, -0.25) is 4.79 Å². The predicted octanol–water partition coefficient (Wildman–Crippen LogP) is 5.11. The minimum absolute atomic E-state index is 0.255. The molecule has 0 bridgehead atoms. The number of ether oxygens (including phenoxy) is 1. The molecule has 3 N–H and O–H groups in total. The summed E-state index contributed by atoms with van der Waals surface area (Å²) in [7, 11) is 0. The summed E-state index contributed by atoms with van der Waals surface area (Å²) in [5, 5.41) is 23.1. The van der Waals surface area contributed by atoms with Gasteiger partial charge in [-0.2, -0.15) is 5.10 Å². The molecule has 6 nitrogen and oxygen atoms in total. The van der Waals surface area contributed by atoms with Gasteiger partial charge in [0.2, 0.25) is 0 Å². The monoisotopic (exact) mass is 438 g/mol. The number of phenolic OH excluding ortho intramolecular Hbond substituents is 2. The van der Waals surface area contributed by atoms with E-state index >= 15 is 0 Å². The lowest BCUT2D eigenvalue weighted by atomic mass is 10.0. The van der Waals surface area contributed by atoms with Gasteiger partial charge in [0.1, 0.15) is 12.4 Å². The Morgan fingerprint density at radius 3 is 2.36 bits per heavy atom. The molecule has 0 saturated heterocycles. The molecule has 0 fully saturated rings. The molecule has 33 heavy (non-hydrogen) atoms. The molecule has 164 valence electrons. The number of carbonyl (C=O) groups excluding carboxylic acids is 1. The van der Waals surface area contributed by atoms with Gasteiger partial charge in [0.05, 0.1) is 6.21 Å². The molecule has 0 aliphatic rings. The zero-order chi connectivity index (χ0) is 23.0. The van der Waals surface area contributed by atoms with Crippen LogP contribution in [0.1, 0.15) is 21.5 Å². The standard InChI is InChI=1S/C27H22N2O4/c30-24-11-6-9-22(26(24)31)17-28-29-27(32)21-15-13-19(14-16-21)18-33-25-12-5-4-10-23(25)20-7-2-1-3-8-20/h1-17,30-31H,18H2,(H,29,32)/b28-17+. The Morgan fingerprint density at radius 1 is 0.848 bits per heavy atom. The quantitative estimate of drug-likeness (QED) is 0.212. The van der Waals surface area contributed by atoms with Crippen LogP contribution in [0.15, 0.2) is 102 Å². The Kier molecular flexibility index (Phi) is 6.66. The van der Waals surface area contributed by atoms with E-state index in [9.17, 15) is 15.0 Å². The molecule has 0 aliphatic carbocycles. The molecule has 0 heterocycles. The van der Waals surface area contributed by atoms with Crippen molar-refractivity contribution in [2.75, 3.05) is 0 Å². The number of benzene rings is 4. The lowest BCUT2D eigenvalue weighted by Gasteiger charge is -2.12. The molecular formula is C27H22N2O4. The molecule has 4 aromatic carbocycles. The number of hydrogen-bond acceptors (Lipinski definition) is 5. The topological polar surface area (TPSA) is 91.2 Å². The zero-order valence-corrected chi connectivity index (χ0v) is 17.7. The number of para-hydroxylation sites is 2. The summed E-state index contributed by atoms with van der Waals surface area (Å²) in [6, 6.07) is 29.4. The number of rotatable bonds is 7. The SMILES string of the molecule is O=C(N/N=C/c1cccc(O)c1O)c1ccc(COc2ccccc2-c2ccccc2)cc1. The molecule has 6 heteroatoms. The van der Waals surface area contributed by atoms with Crippen LogP contribution in [0.25, 0.3) is 11.1 Å². The second kappa shape index (κ2) is 10.2. The van der Waals surface area contributed by atoms with Gasteiger partial charge in [0.15, 0.2) is 11.5 Å². The van der Waals surface area contributed by atoms with Gasteiger partial charge in [0.25, 0.3) is 5.91 Å². The number of nitrogens with one attached hydrogen (secondary N) is 1.